The first-order valence-corrected chi connectivity index (χ1v) is 4.78. The predicted molar refractivity (Wildman–Crippen MR) is 51.3 cm³/mol. The van der Waals surface area contributed by atoms with Crippen molar-refractivity contribution in [2.75, 3.05) is 6.54 Å². The lowest BCUT2D eigenvalue weighted by Gasteiger charge is -1.97. The van der Waals surface area contributed by atoms with Crippen molar-refractivity contribution in [3.8, 4) is 5.92 Å². The van der Waals surface area contributed by atoms with Gasteiger partial charge in [-0.2, -0.15) is 0 Å². The minimum absolute atomic E-state index is 0.105. The highest BCUT2D eigenvalue weighted by molar-refractivity contribution is 4.74. The van der Waals surface area contributed by atoms with Gasteiger partial charge in [0.15, 0.2) is 0 Å². The van der Waals surface area contributed by atoms with Gasteiger partial charge >= 0.3 is 0 Å². The summed E-state index contributed by atoms with van der Waals surface area (Å²) in [5.74, 6) is 2.35. The maximum absolute atomic E-state index is 9.95. The van der Waals surface area contributed by atoms with E-state index in [9.17, 15) is 10.1 Å². The molecular formula is C10H16NO2. The Morgan fingerprint density at radius 2 is 1.62 bits per heavy atom. The van der Waals surface area contributed by atoms with Crippen LogP contribution in [0.4, 0.5) is 0 Å². The number of unbranched alkanes of at least 4 members (excludes halogenated alkanes) is 6. The first kappa shape index (κ1) is 12.0. The molecule has 0 atom stereocenters. The Hall–Kier alpha value is -1.04. The highest BCUT2D eigenvalue weighted by atomic mass is 16.6. The lowest BCUT2D eigenvalue weighted by atomic mass is 10.1. The van der Waals surface area contributed by atoms with E-state index in [1.54, 1.807) is 0 Å². The van der Waals surface area contributed by atoms with Crippen LogP contribution in [0.15, 0.2) is 0 Å². The number of rotatable bonds is 8. The van der Waals surface area contributed by atoms with Gasteiger partial charge in [0.25, 0.3) is 0 Å². The highest BCUT2D eigenvalue weighted by Gasteiger charge is 1.96. The topological polar surface area (TPSA) is 43.1 Å². The Labute approximate surface area is 79.7 Å². The molecule has 0 N–H and O–H groups in total. The third-order valence-electron chi connectivity index (χ3n) is 1.89. The molecule has 0 saturated carbocycles. The van der Waals surface area contributed by atoms with E-state index >= 15 is 0 Å². The van der Waals surface area contributed by atoms with E-state index in [4.69, 9.17) is 6.42 Å². The Balaban J connectivity index is 2.92. The standard InChI is InChI=1S/C10H16NO2/c1-2-3-4-5-6-7-8-9-10-11(12)13/h3-10H2. The lowest BCUT2D eigenvalue weighted by Crippen LogP contribution is -1.99. The van der Waals surface area contributed by atoms with Gasteiger partial charge in [0, 0.05) is 17.8 Å². The van der Waals surface area contributed by atoms with E-state index in [0.29, 0.717) is 6.42 Å². The zero-order valence-electron chi connectivity index (χ0n) is 7.92. The number of hydrogen-bond acceptors (Lipinski definition) is 2. The third kappa shape index (κ3) is 11.0. The molecule has 0 unspecified atom stereocenters. The van der Waals surface area contributed by atoms with Gasteiger partial charge in [0.05, 0.1) is 0 Å². The summed E-state index contributed by atoms with van der Waals surface area (Å²) in [5, 5.41) is 9.95. The summed E-state index contributed by atoms with van der Waals surface area (Å²) in [6, 6.07) is 0. The molecule has 73 valence electrons. The molecule has 0 aromatic carbocycles. The zero-order valence-corrected chi connectivity index (χ0v) is 7.92. The van der Waals surface area contributed by atoms with Gasteiger partial charge in [0.1, 0.15) is 0 Å². The Morgan fingerprint density at radius 3 is 2.15 bits per heavy atom. The van der Waals surface area contributed by atoms with E-state index in [1.807, 2.05) is 0 Å². The van der Waals surface area contributed by atoms with Gasteiger partial charge < -0.3 is 0 Å². The summed E-state index contributed by atoms with van der Waals surface area (Å²) in [6.45, 7) is 0.105. The van der Waals surface area contributed by atoms with Crippen LogP contribution >= 0.6 is 0 Å². The molecule has 0 aromatic heterocycles. The van der Waals surface area contributed by atoms with Gasteiger partial charge in [-0.3, -0.25) is 10.1 Å². The molecule has 0 aliphatic carbocycles. The predicted octanol–water partition coefficient (Wildman–Crippen LogP) is 2.58. The summed E-state index contributed by atoms with van der Waals surface area (Å²) in [6.07, 6.45) is 13.4. The highest BCUT2D eigenvalue weighted by Crippen LogP contribution is 2.06. The Bertz CT molecular complexity index is 172. The van der Waals surface area contributed by atoms with Gasteiger partial charge in [0.2, 0.25) is 6.54 Å². The van der Waals surface area contributed by atoms with E-state index in [-0.39, 0.29) is 11.5 Å². The van der Waals surface area contributed by atoms with E-state index in [2.05, 4.69) is 5.92 Å². The van der Waals surface area contributed by atoms with Crippen molar-refractivity contribution >= 4 is 0 Å². The van der Waals surface area contributed by atoms with Crippen molar-refractivity contribution in [1.29, 1.82) is 0 Å². The average molecular weight is 182 g/mol. The minimum atomic E-state index is -0.260. The van der Waals surface area contributed by atoms with Crippen LogP contribution in [0.5, 0.6) is 0 Å². The molecule has 0 aliphatic rings. The summed E-state index contributed by atoms with van der Waals surface area (Å²) in [7, 11) is 0. The van der Waals surface area contributed by atoms with Crippen LogP contribution in [0.3, 0.4) is 0 Å². The second-order valence-corrected chi connectivity index (χ2v) is 3.10. The second kappa shape index (κ2) is 9.05. The van der Waals surface area contributed by atoms with Gasteiger partial charge in [-0.15, -0.1) is 0 Å². The van der Waals surface area contributed by atoms with Crippen molar-refractivity contribution in [3.63, 3.8) is 0 Å². The van der Waals surface area contributed by atoms with Gasteiger partial charge in [-0.1, -0.05) is 25.2 Å². The van der Waals surface area contributed by atoms with Crippen molar-refractivity contribution in [1.82, 2.24) is 0 Å². The summed E-state index contributed by atoms with van der Waals surface area (Å²) in [4.78, 5) is 9.69. The molecule has 3 heteroatoms. The van der Waals surface area contributed by atoms with Crippen LogP contribution in [-0.2, 0) is 0 Å². The van der Waals surface area contributed by atoms with Crippen molar-refractivity contribution in [2.45, 2.75) is 44.9 Å². The molecule has 0 heterocycles. The molecule has 0 aliphatic heterocycles. The van der Waals surface area contributed by atoms with Crippen LogP contribution in [-0.4, -0.2) is 11.5 Å². The monoisotopic (exact) mass is 182 g/mol. The van der Waals surface area contributed by atoms with E-state index in [0.717, 1.165) is 38.5 Å². The Kier molecular flexibility index (Phi) is 8.33. The van der Waals surface area contributed by atoms with Crippen molar-refractivity contribution < 1.29 is 4.92 Å². The molecule has 3 nitrogen and oxygen atoms in total. The quantitative estimate of drug-likeness (QED) is 0.250. The fourth-order valence-electron chi connectivity index (χ4n) is 1.16. The van der Waals surface area contributed by atoms with Gasteiger partial charge in [-0.25, -0.2) is 0 Å². The van der Waals surface area contributed by atoms with Gasteiger partial charge in [-0.05, 0) is 19.3 Å². The fraction of sp³-hybridized carbons (Fsp3) is 0.800. The second-order valence-electron chi connectivity index (χ2n) is 3.10. The summed E-state index contributed by atoms with van der Waals surface area (Å²) in [5.41, 5.74) is 0. The Morgan fingerprint density at radius 1 is 1.08 bits per heavy atom. The maximum Gasteiger partial charge on any atom is 0.203 e. The lowest BCUT2D eigenvalue weighted by molar-refractivity contribution is -0.480. The third-order valence-corrected chi connectivity index (χ3v) is 1.89. The first-order chi connectivity index (χ1) is 6.27. The maximum atomic E-state index is 9.95. The van der Waals surface area contributed by atoms with Crippen LogP contribution in [0.2, 0.25) is 0 Å². The van der Waals surface area contributed by atoms with Crippen LogP contribution in [0.25, 0.3) is 0 Å². The molecule has 0 rings (SSSR count). The largest absolute Gasteiger partial charge is 0.265 e. The van der Waals surface area contributed by atoms with Crippen LogP contribution < -0.4 is 0 Å². The first-order valence-electron chi connectivity index (χ1n) is 4.78. The molecule has 13 heavy (non-hydrogen) atoms. The fourth-order valence-corrected chi connectivity index (χ4v) is 1.16. The van der Waals surface area contributed by atoms with E-state index in [1.165, 1.54) is 0 Å². The van der Waals surface area contributed by atoms with Crippen LogP contribution in [0.1, 0.15) is 44.9 Å². The number of hydrogen-bond donors (Lipinski definition) is 0. The molecule has 0 bridgehead atoms. The molecule has 0 amide bonds. The molecule has 0 aromatic rings. The van der Waals surface area contributed by atoms with Crippen LogP contribution in [0, 0.1) is 22.5 Å². The summed E-state index contributed by atoms with van der Waals surface area (Å²) < 4.78 is 0. The molecular weight excluding hydrogens is 166 g/mol. The SMILES string of the molecule is [C]#CCCCCCCCC[N+](=O)[O-]. The summed E-state index contributed by atoms with van der Waals surface area (Å²) >= 11 is 0. The van der Waals surface area contributed by atoms with Crippen molar-refractivity contribution in [2.24, 2.45) is 0 Å². The minimum Gasteiger partial charge on any atom is -0.265 e. The number of nitro groups is 1. The molecule has 0 saturated heterocycles. The molecule has 0 spiro atoms. The van der Waals surface area contributed by atoms with Crippen molar-refractivity contribution in [3.05, 3.63) is 16.5 Å². The van der Waals surface area contributed by atoms with E-state index < -0.39 is 0 Å². The zero-order chi connectivity index (χ0) is 9.94. The molecule has 0 fully saturated rings. The smallest absolute Gasteiger partial charge is 0.203 e. The molecule has 1 radical (unpaired) electrons. The number of nitrogens with zero attached hydrogens (tertiary/aromatic N) is 1. The average Bonchev–Trinajstić information content (AvgIpc) is 2.09. The normalized spacial score (nSPS) is 9.46.